The van der Waals surface area contributed by atoms with E-state index in [1.165, 1.54) is 41.5 Å². The highest BCUT2D eigenvalue weighted by Crippen LogP contribution is 2.51. The Kier molecular flexibility index (Phi) is 76.2. The van der Waals surface area contributed by atoms with Crippen LogP contribution in [0.1, 0.15) is 256 Å². The number of rotatable bonds is 67. The predicted octanol–water partition coefficient (Wildman–Crippen LogP) is 9.76. The van der Waals surface area contributed by atoms with E-state index in [9.17, 15) is 123 Å². The molecule has 71 heteroatoms. The predicted molar refractivity (Wildman–Crippen MR) is 506 cm³/mol. The first-order valence-corrected chi connectivity index (χ1v) is 63.9. The molecule has 0 bridgehead atoms. The fourth-order valence-electron chi connectivity index (χ4n) is 7.83. The van der Waals surface area contributed by atoms with Crippen molar-refractivity contribution in [1.82, 2.24) is 0 Å². The lowest BCUT2D eigenvalue weighted by Crippen LogP contribution is -2.25. The van der Waals surface area contributed by atoms with Crippen molar-refractivity contribution < 1.29 is 269 Å². The van der Waals surface area contributed by atoms with Crippen LogP contribution in [0, 0.1) is 5.41 Å². The van der Waals surface area contributed by atoms with Gasteiger partial charge in [0, 0.05) is 0 Å². The molecule has 0 heterocycles. The van der Waals surface area contributed by atoms with Crippen molar-refractivity contribution in [3.63, 3.8) is 0 Å². The molecule has 0 saturated carbocycles. The summed E-state index contributed by atoms with van der Waals surface area (Å²) >= 11 is 0. The highest BCUT2D eigenvalue weighted by Gasteiger charge is 2.30. The summed E-state index contributed by atoms with van der Waals surface area (Å²) in [7, 11) is -58.4. The van der Waals surface area contributed by atoms with Crippen LogP contribution in [0.3, 0.4) is 0 Å². The first-order chi connectivity index (χ1) is 64.9. The van der Waals surface area contributed by atoms with E-state index in [1.54, 1.807) is 145 Å². The van der Waals surface area contributed by atoms with Gasteiger partial charge in [-0.3, -0.25) is 59.3 Å². The van der Waals surface area contributed by atoms with Crippen molar-refractivity contribution in [3.8, 4) is 0 Å². The van der Waals surface area contributed by atoms with Crippen molar-refractivity contribution >= 4 is 102 Å². The average Bonchev–Trinajstić information content (AvgIpc) is 1.38. The summed E-state index contributed by atoms with van der Waals surface area (Å²) in [6.07, 6.45) is 0.536. The van der Waals surface area contributed by atoms with Gasteiger partial charge in [0.25, 0.3) is 102 Å². The molecule has 0 amide bonds. The van der Waals surface area contributed by atoms with Gasteiger partial charge in [-0.1, -0.05) is 20.8 Å². The zero-order valence-electron chi connectivity index (χ0n) is 91.3. The molecule has 0 fully saturated rings. The smallest absolute Gasteiger partial charge is 0.268 e. The summed E-state index contributed by atoms with van der Waals surface area (Å²) in [4.78, 5) is 149. The van der Waals surface area contributed by atoms with Crippen molar-refractivity contribution in [2.45, 2.75) is 317 Å². The quantitative estimate of drug-likeness (QED) is 0.0403. The van der Waals surface area contributed by atoms with Gasteiger partial charge in [-0.05, 0) is 240 Å². The first kappa shape index (κ1) is 159. The van der Waals surface area contributed by atoms with Crippen LogP contribution in [0.5, 0.6) is 0 Å². The fraction of sp³-hybridized carbons (Fsp3) is 1.00. The molecule has 0 aliphatic carbocycles. The summed E-state index contributed by atoms with van der Waals surface area (Å²) in [5.74, 6) is 0. The minimum atomic E-state index is -4.81. The molecule has 0 aromatic rings. The number of ether oxygens (including phenoxy) is 6. The Labute approximate surface area is 867 Å². The molecular formula is C76H164O58P13-13. The molecule has 0 aliphatic heterocycles. The van der Waals surface area contributed by atoms with Gasteiger partial charge in [-0.15, -0.1) is 0 Å². The first-order valence-electron chi connectivity index (χ1n) is 44.9. The normalized spacial score (nSPS) is 18.5. The Morgan fingerprint density at radius 2 is 0.224 bits per heavy atom. The second-order valence-corrected chi connectivity index (χ2v) is 59.2. The SMILES string of the molecule is CC(C)(C)CCOP(=O)([O-])OCCOP(=O)([O-])OC(C)(C)C.CC(C)(C)OCCOP(=O)([O-])OC(C)(C)C.CC(C)(C)OCCOP(=O)([O-])OCCOCCOP(=O)([O-])OC(C)(C)C.CC(C)(C)OP(=O)([O-])OCCOCCOP(=O)([O-])OC(C)(C)C.CC(C)(C)OP(=O)([O-])OCCOCCOP(=O)([O-])OCCOCCOP(=O)([O-])OC(C)(C)C.CC(C)(C)OP(=O)([O-])OCCOP(=O)([O-])OCCOP(=O)([O-])OC(C)(C)C. The molecule has 0 saturated heterocycles. The molecule has 0 rings (SSSR count). The van der Waals surface area contributed by atoms with Crippen LogP contribution in [0.4, 0.5) is 0 Å². The van der Waals surface area contributed by atoms with Gasteiger partial charge >= 0.3 is 0 Å². The summed E-state index contributed by atoms with van der Waals surface area (Å²) in [5, 5.41) is 0. The Hall–Kier alpha value is 1.19. The fourth-order valence-corrected chi connectivity index (χ4v) is 19.7. The van der Waals surface area contributed by atoms with Crippen LogP contribution in [0.2, 0.25) is 0 Å². The summed E-state index contributed by atoms with van der Waals surface area (Å²) in [6, 6.07) is 0. The summed E-state index contributed by atoms with van der Waals surface area (Å²) in [5.41, 5.74) is -8.99. The number of phosphoric acid groups is 13. The second kappa shape index (κ2) is 70.5. The van der Waals surface area contributed by atoms with Crippen LogP contribution < -0.4 is 63.6 Å². The second-order valence-electron chi connectivity index (χ2n) is 41.5. The topological polar surface area (TPSA) is 817 Å². The van der Waals surface area contributed by atoms with Gasteiger partial charge in [0.15, 0.2) is 0 Å². The Balaban J connectivity index is -0.000000410. The van der Waals surface area contributed by atoms with E-state index in [2.05, 4.69) is 86.0 Å². The van der Waals surface area contributed by atoms with Crippen molar-refractivity contribution in [2.24, 2.45) is 5.41 Å². The molecule has 0 aromatic carbocycles. The molecule has 0 aromatic heterocycles. The van der Waals surface area contributed by atoms with Gasteiger partial charge < -0.3 is 210 Å². The van der Waals surface area contributed by atoms with Crippen molar-refractivity contribution in [1.29, 1.82) is 0 Å². The minimum absolute atomic E-state index is 0.00167. The van der Waals surface area contributed by atoms with Crippen LogP contribution in [-0.2, 0) is 205 Å². The van der Waals surface area contributed by atoms with Crippen LogP contribution in [0.15, 0.2) is 0 Å². The molecule has 894 valence electrons. The third-order valence-electron chi connectivity index (χ3n) is 11.9. The van der Waals surface area contributed by atoms with Crippen LogP contribution in [0.25, 0.3) is 0 Å². The molecule has 0 radical (unpaired) electrons. The van der Waals surface area contributed by atoms with E-state index in [-0.39, 0.29) is 155 Å². The maximum atomic E-state index is 11.6. The lowest BCUT2D eigenvalue weighted by atomic mass is 9.93. The van der Waals surface area contributed by atoms with Crippen LogP contribution in [-0.4, -0.2) is 240 Å². The number of phosphoric ester groups is 13. The summed E-state index contributed by atoms with van der Waals surface area (Å²) < 4.78 is 299. The van der Waals surface area contributed by atoms with E-state index >= 15 is 0 Å². The molecule has 0 N–H and O–H groups in total. The zero-order chi connectivity index (χ0) is 117. The van der Waals surface area contributed by atoms with E-state index in [1.807, 2.05) is 62.3 Å². The maximum Gasteiger partial charge on any atom is 0.268 e. The van der Waals surface area contributed by atoms with E-state index < -0.39 is 192 Å². The van der Waals surface area contributed by atoms with Gasteiger partial charge in [0.1, 0.15) is 0 Å². The molecule has 58 nitrogen and oxygen atoms in total. The Morgan fingerprint density at radius 3 is 0.327 bits per heavy atom. The zero-order valence-corrected chi connectivity index (χ0v) is 103. The van der Waals surface area contributed by atoms with Crippen molar-refractivity contribution in [2.75, 3.05) is 178 Å². The molecule has 11 atom stereocenters. The highest BCUT2D eigenvalue weighted by molar-refractivity contribution is 7.49. The number of hydrogen-bond donors (Lipinski definition) is 0. The van der Waals surface area contributed by atoms with Crippen LogP contribution >= 0.6 is 102 Å². The van der Waals surface area contributed by atoms with E-state index in [0.29, 0.717) is 6.42 Å². The molecular weight excluding hydrogens is 2240 g/mol. The lowest BCUT2D eigenvalue weighted by Gasteiger charge is -2.31. The standard InChI is InChI=1S/C16H37O14P3.C14H32O10P2.C12H29O12P3.C12H28O9P2.C12H28O8P2.C10H23O5P/c1-15(2,3)29-32(19,20)27-13-9-23-7-11-25-31(17,18)26-12-8-24-10-14-28-33(21,22)30-16(4,5)6;1-13(2,3)20-9-12-22-25(15,16)21-10-7-19-8-11-23-26(17,18)24-14(4,5)6;1-11(2,3)23-26(15,16)21-9-7-19-25(13,14)20-8-10-22-27(17,18)24-12(4,5)6;1-11(2,3)20-22(13,14)18-9-7-17-8-10-19-23(15,16)21-12(4,5)6;1-11(2,3)7-8-17-21(13,14)18-9-10-19-22(15,16)20-12(4,5)6;1-9(2,3)13-7-8-14-16(11,12)15-10(4,5)6/h7-14H2,1-6H3,(H,17,18)(H,19,20)(H,21,22);7-12H2,1-6H3,(H,15,16)(H,17,18);7-10H2,1-6H3,(H,13,14)(H,15,16)(H,17,18);7-10H2,1-6H3,(H,13,14)(H,15,16);7-10H2,1-6H3,(H,13,14)(H,15,16);7-8H2,1-6H3,(H,11,12)/p-13. The lowest BCUT2D eigenvalue weighted by molar-refractivity contribution is -0.240. The van der Waals surface area contributed by atoms with Crippen molar-refractivity contribution in [3.05, 3.63) is 0 Å². The summed E-state index contributed by atoms with van der Waals surface area (Å²) in [6.45, 7) is 52.4. The highest BCUT2D eigenvalue weighted by atomic mass is 31.2. The van der Waals surface area contributed by atoms with Gasteiger partial charge in [0.2, 0.25) is 0 Å². The Morgan fingerprint density at radius 1 is 0.129 bits per heavy atom. The maximum absolute atomic E-state index is 11.6. The largest absolute Gasteiger partial charge is 0.756 e. The monoisotopic (exact) mass is 2410 g/mol. The number of hydrogen-bond acceptors (Lipinski definition) is 58. The molecule has 147 heavy (non-hydrogen) atoms. The minimum Gasteiger partial charge on any atom is -0.756 e. The third kappa shape index (κ3) is 127. The van der Waals surface area contributed by atoms with Gasteiger partial charge in [-0.2, -0.15) is 0 Å². The third-order valence-corrected chi connectivity index (χ3v) is 27.3. The molecule has 0 spiro atoms. The van der Waals surface area contributed by atoms with E-state index in [4.69, 9.17) is 60.1 Å². The van der Waals surface area contributed by atoms with E-state index in [0.717, 1.165) is 0 Å². The molecule has 0 aliphatic rings. The van der Waals surface area contributed by atoms with Gasteiger partial charge in [0.05, 0.1) is 240 Å². The average molecular weight is 2410 g/mol. The Bertz CT molecular complexity index is 4070. The van der Waals surface area contributed by atoms with Gasteiger partial charge in [-0.25, -0.2) is 0 Å². The molecule has 11 unspecified atom stereocenters.